The van der Waals surface area contributed by atoms with Crippen LogP contribution in [-0.4, -0.2) is 10.6 Å². The molecule has 3 aromatic rings. The second-order valence-electron chi connectivity index (χ2n) is 5.02. The Hall–Kier alpha value is -2.84. The number of hydrogen-bond donors (Lipinski definition) is 1. The molecule has 2 aromatic carbocycles. The standard InChI is InChI=1S/C17H15N3O2/c1-20-15-9-13(6-7-16(15)22-17(20)21)12-4-2-11(3-5-12)8-14(19)10-18/h2-7,9,14H,8,19H2,1H3/t14-/m0/s1/i1D3. The minimum atomic E-state index is -2.61. The Morgan fingerprint density at radius 1 is 1.32 bits per heavy atom. The number of fused-ring (bicyclic) bond motifs is 1. The first kappa shape index (κ1) is 10.8. The number of nitrogens with zero attached hydrogens (tertiary/aromatic N) is 2. The lowest BCUT2D eigenvalue weighted by molar-refractivity contribution is 0.528. The van der Waals surface area contributed by atoms with Crippen LogP contribution in [0.4, 0.5) is 0 Å². The quantitative estimate of drug-likeness (QED) is 0.803. The number of nitrogens with two attached hydrogens (primary N) is 1. The van der Waals surface area contributed by atoms with E-state index in [4.69, 9.17) is 19.5 Å². The molecule has 3 rings (SSSR count). The molecule has 0 unspecified atom stereocenters. The van der Waals surface area contributed by atoms with Gasteiger partial charge in [0.1, 0.15) is 0 Å². The van der Waals surface area contributed by atoms with Gasteiger partial charge in [-0.05, 0) is 28.8 Å². The number of hydrogen-bond acceptors (Lipinski definition) is 4. The first-order valence-electron chi connectivity index (χ1n) is 8.20. The van der Waals surface area contributed by atoms with Crippen molar-refractivity contribution in [3.05, 3.63) is 58.6 Å². The molecule has 110 valence electrons. The van der Waals surface area contributed by atoms with Crippen LogP contribution in [-0.2, 0) is 13.4 Å². The minimum absolute atomic E-state index is 0.220. The monoisotopic (exact) mass is 296 g/mol. The second kappa shape index (κ2) is 5.51. The highest BCUT2D eigenvalue weighted by molar-refractivity contribution is 5.80. The van der Waals surface area contributed by atoms with Crippen LogP contribution in [0.15, 0.2) is 51.7 Å². The summed E-state index contributed by atoms with van der Waals surface area (Å²) in [7, 11) is 0. The summed E-state index contributed by atoms with van der Waals surface area (Å²) in [6.07, 6.45) is 0.455. The van der Waals surface area contributed by atoms with Gasteiger partial charge in [0.2, 0.25) is 0 Å². The van der Waals surface area contributed by atoms with Crippen molar-refractivity contribution < 1.29 is 8.53 Å². The summed E-state index contributed by atoms with van der Waals surface area (Å²) in [6.45, 7) is -2.61. The van der Waals surface area contributed by atoms with Gasteiger partial charge in [0, 0.05) is 17.5 Å². The smallest absolute Gasteiger partial charge is 0.408 e. The number of benzene rings is 2. The van der Waals surface area contributed by atoms with E-state index < -0.39 is 18.8 Å². The number of oxazole rings is 1. The van der Waals surface area contributed by atoms with E-state index in [0.29, 0.717) is 11.0 Å². The molecule has 5 heteroatoms. The Morgan fingerprint density at radius 3 is 2.73 bits per heavy atom. The number of rotatable bonds is 3. The maximum atomic E-state index is 11.8. The third-order valence-corrected chi connectivity index (χ3v) is 3.49. The van der Waals surface area contributed by atoms with Gasteiger partial charge in [0.25, 0.3) is 0 Å². The molecule has 2 N–H and O–H groups in total. The molecule has 22 heavy (non-hydrogen) atoms. The van der Waals surface area contributed by atoms with Crippen molar-refractivity contribution in [1.82, 2.24) is 4.57 Å². The van der Waals surface area contributed by atoms with Crippen LogP contribution in [0, 0.1) is 11.3 Å². The van der Waals surface area contributed by atoms with Crippen LogP contribution >= 0.6 is 0 Å². The van der Waals surface area contributed by atoms with Crippen molar-refractivity contribution in [3.8, 4) is 17.2 Å². The summed E-state index contributed by atoms with van der Waals surface area (Å²) in [4.78, 5) is 11.8. The fraction of sp³-hybridized carbons (Fsp3) is 0.176. The molecule has 0 saturated carbocycles. The van der Waals surface area contributed by atoms with Crippen LogP contribution in [0.3, 0.4) is 0 Å². The molecule has 0 aliphatic heterocycles. The van der Waals surface area contributed by atoms with Gasteiger partial charge in [-0.25, -0.2) is 4.79 Å². The average molecular weight is 296 g/mol. The van der Waals surface area contributed by atoms with Gasteiger partial charge < -0.3 is 10.2 Å². The topological polar surface area (TPSA) is 84.9 Å². The van der Waals surface area contributed by atoms with E-state index in [1.165, 1.54) is 0 Å². The van der Waals surface area contributed by atoms with Crippen molar-refractivity contribution in [2.45, 2.75) is 12.5 Å². The second-order valence-corrected chi connectivity index (χ2v) is 5.02. The molecule has 5 nitrogen and oxygen atoms in total. The van der Waals surface area contributed by atoms with E-state index in [-0.39, 0.29) is 11.1 Å². The van der Waals surface area contributed by atoms with Crippen LogP contribution < -0.4 is 11.5 Å². The van der Waals surface area contributed by atoms with Crippen molar-refractivity contribution in [2.75, 3.05) is 0 Å². The van der Waals surface area contributed by atoms with E-state index in [9.17, 15) is 4.79 Å². The Labute approximate surface area is 131 Å². The molecule has 0 radical (unpaired) electrons. The molecule has 0 fully saturated rings. The Bertz CT molecular complexity index is 1010. The molecule has 0 bridgehead atoms. The molecular formula is C17H15N3O2. The molecule has 0 spiro atoms. The van der Waals surface area contributed by atoms with Crippen molar-refractivity contribution in [1.29, 1.82) is 5.26 Å². The Kier molecular flexibility index (Phi) is 2.71. The SMILES string of the molecule is [2H]C([2H])([2H])n1c(=O)oc2ccc(-c3ccc(C[C@H](N)C#N)cc3)cc21. The van der Waals surface area contributed by atoms with Crippen LogP contribution in [0.25, 0.3) is 22.2 Å². The highest BCUT2D eigenvalue weighted by Crippen LogP contribution is 2.24. The van der Waals surface area contributed by atoms with E-state index in [1.807, 2.05) is 30.3 Å². The van der Waals surface area contributed by atoms with Gasteiger partial charge >= 0.3 is 5.76 Å². The molecule has 0 amide bonds. The maximum absolute atomic E-state index is 11.8. The Morgan fingerprint density at radius 2 is 2.05 bits per heavy atom. The highest BCUT2D eigenvalue weighted by atomic mass is 16.4. The first-order valence-corrected chi connectivity index (χ1v) is 6.70. The van der Waals surface area contributed by atoms with Crippen molar-refractivity contribution >= 4 is 11.1 Å². The highest BCUT2D eigenvalue weighted by Gasteiger charge is 2.08. The van der Waals surface area contributed by atoms with E-state index in [2.05, 4.69) is 0 Å². The maximum Gasteiger partial charge on any atom is 0.419 e. The zero-order valence-corrected chi connectivity index (χ0v) is 11.6. The molecular weight excluding hydrogens is 278 g/mol. The summed E-state index contributed by atoms with van der Waals surface area (Å²) in [5, 5.41) is 8.77. The van der Waals surface area contributed by atoms with Gasteiger partial charge in [-0.15, -0.1) is 0 Å². The summed E-state index contributed by atoms with van der Waals surface area (Å²) in [5.41, 5.74) is 8.60. The fourth-order valence-corrected chi connectivity index (χ4v) is 2.33. The summed E-state index contributed by atoms with van der Waals surface area (Å²) in [5.74, 6) is -0.909. The van der Waals surface area contributed by atoms with Gasteiger partial charge in [0.05, 0.1) is 17.6 Å². The van der Waals surface area contributed by atoms with E-state index in [0.717, 1.165) is 16.7 Å². The van der Waals surface area contributed by atoms with Crippen molar-refractivity contribution in [3.63, 3.8) is 0 Å². The Balaban J connectivity index is 2.02. The van der Waals surface area contributed by atoms with Gasteiger partial charge in [0.15, 0.2) is 5.58 Å². The van der Waals surface area contributed by atoms with Gasteiger partial charge in [-0.3, -0.25) is 4.57 Å². The summed E-state index contributed by atoms with van der Waals surface area (Å²) in [6, 6.07) is 13.8. The van der Waals surface area contributed by atoms with Crippen molar-refractivity contribution in [2.24, 2.45) is 12.7 Å². The molecule has 0 aliphatic carbocycles. The predicted molar refractivity (Wildman–Crippen MR) is 84.2 cm³/mol. The summed E-state index contributed by atoms with van der Waals surface area (Å²) < 4.78 is 28.2. The number of nitriles is 1. The number of aryl methyl sites for hydroxylation is 1. The van der Waals surface area contributed by atoms with Crippen LogP contribution in [0.2, 0.25) is 0 Å². The normalized spacial score (nSPS) is 14.8. The minimum Gasteiger partial charge on any atom is -0.408 e. The van der Waals surface area contributed by atoms with E-state index >= 15 is 0 Å². The lowest BCUT2D eigenvalue weighted by Gasteiger charge is -2.06. The molecule has 1 heterocycles. The van der Waals surface area contributed by atoms with Crippen LogP contribution in [0.5, 0.6) is 0 Å². The third kappa shape index (κ3) is 2.52. The zero-order chi connectivity index (χ0) is 18.2. The van der Waals surface area contributed by atoms with E-state index in [1.54, 1.807) is 18.2 Å². The average Bonchev–Trinajstić information content (AvgIpc) is 2.90. The molecule has 1 atom stereocenters. The first-order chi connectivity index (χ1) is 11.8. The predicted octanol–water partition coefficient (Wildman–Crippen LogP) is 2.19. The molecule has 0 aliphatic rings. The van der Waals surface area contributed by atoms with Gasteiger partial charge in [-0.2, -0.15) is 5.26 Å². The largest absolute Gasteiger partial charge is 0.419 e. The lowest BCUT2D eigenvalue weighted by Crippen LogP contribution is -2.19. The fourth-order valence-electron chi connectivity index (χ4n) is 2.33. The van der Waals surface area contributed by atoms with Gasteiger partial charge in [-0.1, -0.05) is 30.3 Å². The molecule has 1 aromatic heterocycles. The molecule has 0 saturated heterocycles. The van der Waals surface area contributed by atoms with Crippen LogP contribution in [0.1, 0.15) is 9.68 Å². The lowest BCUT2D eigenvalue weighted by atomic mass is 10.0. The third-order valence-electron chi connectivity index (χ3n) is 3.49. The number of aromatic nitrogens is 1. The summed E-state index contributed by atoms with van der Waals surface area (Å²) >= 11 is 0. The zero-order valence-electron chi connectivity index (χ0n) is 14.6.